The van der Waals surface area contributed by atoms with Gasteiger partial charge in [0.05, 0.1) is 0 Å². The van der Waals surface area contributed by atoms with E-state index < -0.39 is 0 Å². The quantitative estimate of drug-likeness (QED) is 0.460. The van der Waals surface area contributed by atoms with Gasteiger partial charge < -0.3 is 5.11 Å². The van der Waals surface area contributed by atoms with E-state index in [0.717, 1.165) is 22.2 Å². The molecular formula is C22H16Cl2N2O. The second kappa shape index (κ2) is 7.55. The van der Waals surface area contributed by atoms with Gasteiger partial charge in [-0.05, 0) is 42.0 Å². The third kappa shape index (κ3) is 3.75. The number of phenolic OH excluding ortho intramolecular Hbond substituents is 1. The Morgan fingerprint density at radius 3 is 2.37 bits per heavy atom. The van der Waals surface area contributed by atoms with E-state index in [0.29, 0.717) is 22.0 Å². The first-order valence-electron chi connectivity index (χ1n) is 8.54. The van der Waals surface area contributed by atoms with Crippen LogP contribution in [0.4, 0.5) is 0 Å². The minimum Gasteiger partial charge on any atom is -0.505 e. The van der Waals surface area contributed by atoms with E-state index in [2.05, 4.69) is 9.97 Å². The maximum Gasteiger partial charge on any atom is 0.145 e. The van der Waals surface area contributed by atoms with Gasteiger partial charge in [0.1, 0.15) is 11.3 Å². The summed E-state index contributed by atoms with van der Waals surface area (Å²) in [4.78, 5) is 8.79. The molecule has 0 bridgehead atoms. The van der Waals surface area contributed by atoms with E-state index in [4.69, 9.17) is 23.2 Å². The Kier molecular flexibility index (Phi) is 4.97. The molecule has 3 nitrogen and oxygen atoms in total. The summed E-state index contributed by atoms with van der Waals surface area (Å²) in [5.74, 6) is 0.00707. The lowest BCUT2D eigenvalue weighted by atomic mass is 9.86. The van der Waals surface area contributed by atoms with Gasteiger partial charge in [-0.1, -0.05) is 47.5 Å². The lowest BCUT2D eigenvalue weighted by molar-refractivity contribution is 0.469. The van der Waals surface area contributed by atoms with Gasteiger partial charge in [0.15, 0.2) is 0 Å². The van der Waals surface area contributed by atoms with Crippen LogP contribution in [0.1, 0.15) is 22.7 Å². The standard InChI is InChI=1S/C22H16Cl2N2O/c23-16-10-15(11-17(24)12-16)20(13-18-5-1-2-8-25-18)19-7-6-14-4-3-9-26-21(14)22(19)27/h1-12,20,27H,13H2. The molecule has 0 radical (unpaired) electrons. The highest BCUT2D eigenvalue weighted by molar-refractivity contribution is 6.34. The molecule has 0 saturated carbocycles. The molecule has 0 spiro atoms. The number of nitrogens with zero attached hydrogens (tertiary/aromatic N) is 2. The molecule has 134 valence electrons. The Balaban J connectivity index is 1.88. The first kappa shape index (κ1) is 17.8. The van der Waals surface area contributed by atoms with Crippen molar-refractivity contribution in [2.45, 2.75) is 12.3 Å². The van der Waals surface area contributed by atoms with Crippen molar-refractivity contribution in [2.75, 3.05) is 0 Å². The highest BCUT2D eigenvalue weighted by Gasteiger charge is 2.21. The summed E-state index contributed by atoms with van der Waals surface area (Å²) in [6, 6.07) is 18.9. The zero-order valence-corrected chi connectivity index (χ0v) is 15.8. The maximum absolute atomic E-state index is 10.9. The molecule has 1 N–H and O–H groups in total. The summed E-state index contributed by atoms with van der Waals surface area (Å²) in [6.07, 6.45) is 4.04. The van der Waals surface area contributed by atoms with Crippen molar-refractivity contribution >= 4 is 34.1 Å². The number of hydrogen-bond donors (Lipinski definition) is 1. The van der Waals surface area contributed by atoms with E-state index in [1.807, 2.05) is 54.6 Å². The molecular weight excluding hydrogens is 379 g/mol. The van der Waals surface area contributed by atoms with Crippen LogP contribution in [-0.4, -0.2) is 15.1 Å². The SMILES string of the molecule is Oc1c(C(Cc2ccccn2)c2cc(Cl)cc(Cl)c2)ccc2cccnc12. The van der Waals surface area contributed by atoms with Crippen LogP contribution in [0, 0.1) is 0 Å². The second-order valence-electron chi connectivity index (χ2n) is 6.36. The van der Waals surface area contributed by atoms with Crippen molar-refractivity contribution in [3.05, 3.63) is 99.9 Å². The van der Waals surface area contributed by atoms with Crippen molar-refractivity contribution in [1.82, 2.24) is 9.97 Å². The molecule has 0 saturated heterocycles. The molecule has 0 fully saturated rings. The number of rotatable bonds is 4. The highest BCUT2D eigenvalue weighted by atomic mass is 35.5. The van der Waals surface area contributed by atoms with Crippen molar-refractivity contribution in [2.24, 2.45) is 0 Å². The average molecular weight is 395 g/mol. The fourth-order valence-corrected chi connectivity index (χ4v) is 3.88. The number of aromatic hydroxyl groups is 1. The Bertz CT molecular complexity index is 1080. The van der Waals surface area contributed by atoms with E-state index in [-0.39, 0.29) is 11.7 Å². The summed E-state index contributed by atoms with van der Waals surface area (Å²) in [6.45, 7) is 0. The monoisotopic (exact) mass is 394 g/mol. The molecule has 4 aromatic rings. The van der Waals surface area contributed by atoms with E-state index in [9.17, 15) is 5.11 Å². The molecule has 4 rings (SSSR count). The van der Waals surface area contributed by atoms with Gasteiger partial charge in [0.2, 0.25) is 0 Å². The first-order chi connectivity index (χ1) is 13.1. The lowest BCUT2D eigenvalue weighted by Crippen LogP contribution is -2.07. The van der Waals surface area contributed by atoms with Crippen LogP contribution in [0.25, 0.3) is 10.9 Å². The summed E-state index contributed by atoms with van der Waals surface area (Å²) < 4.78 is 0. The smallest absolute Gasteiger partial charge is 0.145 e. The summed E-state index contributed by atoms with van der Waals surface area (Å²) in [7, 11) is 0. The number of halogens is 2. The highest BCUT2D eigenvalue weighted by Crippen LogP contribution is 2.39. The molecule has 0 aliphatic carbocycles. The topological polar surface area (TPSA) is 46.0 Å². The fourth-order valence-electron chi connectivity index (χ4n) is 3.34. The van der Waals surface area contributed by atoms with Crippen LogP contribution >= 0.6 is 23.2 Å². The molecule has 1 atom stereocenters. The van der Waals surface area contributed by atoms with Gasteiger partial charge in [0.25, 0.3) is 0 Å². The van der Waals surface area contributed by atoms with Gasteiger partial charge in [-0.25, -0.2) is 0 Å². The largest absolute Gasteiger partial charge is 0.505 e. The van der Waals surface area contributed by atoms with E-state index >= 15 is 0 Å². The zero-order chi connectivity index (χ0) is 18.8. The third-order valence-electron chi connectivity index (χ3n) is 4.58. The van der Waals surface area contributed by atoms with Gasteiger partial charge >= 0.3 is 0 Å². The summed E-state index contributed by atoms with van der Waals surface area (Å²) in [5.41, 5.74) is 3.18. The van der Waals surface area contributed by atoms with Crippen LogP contribution in [0.3, 0.4) is 0 Å². The number of pyridine rings is 2. The molecule has 0 amide bonds. The molecule has 2 heterocycles. The zero-order valence-electron chi connectivity index (χ0n) is 14.3. The Hall–Kier alpha value is -2.62. The van der Waals surface area contributed by atoms with Crippen molar-refractivity contribution < 1.29 is 5.11 Å². The molecule has 0 aliphatic rings. The van der Waals surface area contributed by atoms with E-state index in [1.54, 1.807) is 18.5 Å². The third-order valence-corrected chi connectivity index (χ3v) is 5.02. The minimum absolute atomic E-state index is 0.164. The van der Waals surface area contributed by atoms with Crippen molar-refractivity contribution in [3.8, 4) is 5.75 Å². The van der Waals surface area contributed by atoms with E-state index in [1.165, 1.54) is 0 Å². The van der Waals surface area contributed by atoms with Crippen LogP contribution in [0.15, 0.2) is 73.1 Å². The Labute approximate surface area is 167 Å². The van der Waals surface area contributed by atoms with Gasteiger partial charge in [-0.2, -0.15) is 0 Å². The molecule has 2 aromatic heterocycles. The number of aromatic nitrogens is 2. The maximum atomic E-state index is 10.9. The molecule has 0 aliphatic heterocycles. The molecule has 2 aromatic carbocycles. The minimum atomic E-state index is -0.164. The lowest BCUT2D eigenvalue weighted by Gasteiger charge is -2.20. The second-order valence-corrected chi connectivity index (χ2v) is 7.23. The molecule has 5 heteroatoms. The number of benzene rings is 2. The van der Waals surface area contributed by atoms with Crippen LogP contribution in [-0.2, 0) is 6.42 Å². The summed E-state index contributed by atoms with van der Waals surface area (Å²) >= 11 is 12.5. The van der Waals surface area contributed by atoms with Gasteiger partial charge in [-0.15, -0.1) is 0 Å². The Morgan fingerprint density at radius 2 is 1.63 bits per heavy atom. The Morgan fingerprint density at radius 1 is 0.852 bits per heavy atom. The summed E-state index contributed by atoms with van der Waals surface area (Å²) in [5, 5.41) is 13.0. The normalized spacial score (nSPS) is 12.2. The number of phenols is 1. The average Bonchev–Trinajstić information content (AvgIpc) is 2.67. The van der Waals surface area contributed by atoms with Gasteiger partial charge in [-0.3, -0.25) is 9.97 Å². The predicted octanol–water partition coefficient (Wildman–Crippen LogP) is 6.02. The van der Waals surface area contributed by atoms with Crippen LogP contribution in [0.2, 0.25) is 10.0 Å². The molecule has 27 heavy (non-hydrogen) atoms. The van der Waals surface area contributed by atoms with Crippen LogP contribution in [0.5, 0.6) is 5.75 Å². The number of hydrogen-bond acceptors (Lipinski definition) is 3. The predicted molar refractivity (Wildman–Crippen MR) is 110 cm³/mol. The first-order valence-corrected chi connectivity index (χ1v) is 9.30. The van der Waals surface area contributed by atoms with Crippen molar-refractivity contribution in [3.63, 3.8) is 0 Å². The van der Waals surface area contributed by atoms with Gasteiger partial charge in [0, 0.05) is 51.4 Å². The van der Waals surface area contributed by atoms with Crippen molar-refractivity contribution in [1.29, 1.82) is 0 Å². The fraction of sp³-hybridized carbons (Fsp3) is 0.0909. The molecule has 1 unspecified atom stereocenters. The van der Waals surface area contributed by atoms with Crippen LogP contribution < -0.4 is 0 Å². The number of fused-ring (bicyclic) bond motifs is 1.